The second-order valence-electron chi connectivity index (χ2n) is 9.39. The van der Waals surface area contributed by atoms with Gasteiger partial charge in [0.05, 0.1) is 45.4 Å². The van der Waals surface area contributed by atoms with Crippen LogP contribution in [0.15, 0.2) is 60.0 Å². The van der Waals surface area contributed by atoms with E-state index in [1.54, 1.807) is 48.9 Å². The maximum absolute atomic E-state index is 13.9. The van der Waals surface area contributed by atoms with Gasteiger partial charge in [-0.05, 0) is 48.1 Å². The lowest BCUT2D eigenvalue weighted by Crippen LogP contribution is -2.48. The molecule has 2 aromatic carbocycles. The molecule has 1 fully saturated rings. The van der Waals surface area contributed by atoms with Gasteiger partial charge in [-0.15, -0.1) is 11.3 Å². The molecule has 218 valence electrons. The zero-order chi connectivity index (χ0) is 29.2. The largest absolute Gasteiger partial charge is 0.496 e. The van der Waals surface area contributed by atoms with Crippen LogP contribution in [0, 0.1) is 0 Å². The highest BCUT2D eigenvalue weighted by Crippen LogP contribution is 2.34. The fourth-order valence-corrected chi connectivity index (χ4v) is 5.35. The molecule has 2 N–H and O–H groups in total. The van der Waals surface area contributed by atoms with Crippen LogP contribution >= 0.6 is 11.3 Å². The highest BCUT2D eigenvalue weighted by molar-refractivity contribution is 7.12. The lowest BCUT2D eigenvalue weighted by molar-refractivity contribution is -0.141. The second kappa shape index (κ2) is 14.5. The third kappa shape index (κ3) is 7.56. The van der Waals surface area contributed by atoms with E-state index < -0.39 is 11.9 Å². The Kier molecular flexibility index (Phi) is 10.6. The van der Waals surface area contributed by atoms with Gasteiger partial charge in [-0.25, -0.2) is 0 Å². The molecule has 11 heteroatoms. The summed E-state index contributed by atoms with van der Waals surface area (Å²) in [5.41, 5.74) is 1.21. The van der Waals surface area contributed by atoms with Crippen LogP contribution in [0.5, 0.6) is 17.2 Å². The molecule has 41 heavy (non-hydrogen) atoms. The standard InChI is InChI=1S/C30H35N3O7S/c1-37-23-10-5-4-8-21(23)19-33(27(34)18-32-29(35)26-11-7-15-41-26)28(30(36)31-17-22-9-6-14-40-22)20-12-13-24(38-2)25(16-20)39-3/h4-5,7-8,10-13,15-16,22,28H,6,9,14,17-19H2,1-3H3,(H,31,36)(H,32,35). The van der Waals surface area contributed by atoms with Crippen LogP contribution in [0.2, 0.25) is 0 Å². The van der Waals surface area contributed by atoms with Crippen LogP contribution in [0.4, 0.5) is 0 Å². The first-order valence-corrected chi connectivity index (χ1v) is 14.2. The molecule has 3 amide bonds. The van der Waals surface area contributed by atoms with Gasteiger partial charge in [0.1, 0.15) is 11.8 Å². The monoisotopic (exact) mass is 581 g/mol. The quantitative estimate of drug-likeness (QED) is 0.317. The summed E-state index contributed by atoms with van der Waals surface area (Å²) in [5, 5.41) is 7.46. The average Bonchev–Trinajstić information content (AvgIpc) is 3.73. The van der Waals surface area contributed by atoms with Crippen molar-refractivity contribution in [3.63, 3.8) is 0 Å². The lowest BCUT2D eigenvalue weighted by atomic mass is 10.0. The molecule has 1 saturated heterocycles. The van der Waals surface area contributed by atoms with E-state index in [1.807, 2.05) is 18.2 Å². The van der Waals surface area contributed by atoms with Gasteiger partial charge in [-0.2, -0.15) is 0 Å². The van der Waals surface area contributed by atoms with Crippen molar-refractivity contribution in [1.82, 2.24) is 15.5 Å². The molecule has 4 rings (SSSR count). The van der Waals surface area contributed by atoms with Gasteiger partial charge in [0.25, 0.3) is 5.91 Å². The van der Waals surface area contributed by atoms with Crippen molar-refractivity contribution in [2.75, 3.05) is 41.0 Å². The van der Waals surface area contributed by atoms with Crippen molar-refractivity contribution >= 4 is 29.1 Å². The van der Waals surface area contributed by atoms with Gasteiger partial charge in [-0.3, -0.25) is 14.4 Å². The third-order valence-electron chi connectivity index (χ3n) is 6.81. The van der Waals surface area contributed by atoms with Crippen LogP contribution in [0.3, 0.4) is 0 Å². The normalized spacial score (nSPS) is 15.0. The summed E-state index contributed by atoms with van der Waals surface area (Å²) in [7, 11) is 4.58. The topological polar surface area (TPSA) is 115 Å². The number of para-hydroxylation sites is 1. The summed E-state index contributed by atoms with van der Waals surface area (Å²) in [6.45, 7) is 0.704. The van der Waals surface area contributed by atoms with Crippen LogP contribution in [-0.4, -0.2) is 69.8 Å². The molecule has 0 spiro atoms. The molecule has 2 atom stereocenters. The highest BCUT2D eigenvalue weighted by atomic mass is 32.1. The number of methoxy groups -OCH3 is 3. The molecule has 0 radical (unpaired) electrons. The predicted octanol–water partition coefficient (Wildman–Crippen LogP) is 3.57. The molecular formula is C30H35N3O7S. The van der Waals surface area contributed by atoms with Gasteiger partial charge < -0.3 is 34.5 Å². The van der Waals surface area contributed by atoms with Crippen molar-refractivity contribution in [3.8, 4) is 17.2 Å². The summed E-state index contributed by atoms with van der Waals surface area (Å²) < 4.78 is 22.1. The maximum atomic E-state index is 13.9. The summed E-state index contributed by atoms with van der Waals surface area (Å²) in [6.07, 6.45) is 1.69. The number of ether oxygens (including phenoxy) is 4. The summed E-state index contributed by atoms with van der Waals surface area (Å²) >= 11 is 1.28. The number of hydrogen-bond acceptors (Lipinski definition) is 8. The molecule has 0 bridgehead atoms. The Morgan fingerprint density at radius 2 is 1.76 bits per heavy atom. The van der Waals surface area contributed by atoms with Gasteiger partial charge in [-0.1, -0.05) is 30.3 Å². The van der Waals surface area contributed by atoms with E-state index in [0.29, 0.717) is 46.4 Å². The number of rotatable bonds is 13. The molecule has 0 saturated carbocycles. The van der Waals surface area contributed by atoms with Crippen LogP contribution in [0.25, 0.3) is 0 Å². The Hall–Kier alpha value is -4.09. The Bertz CT molecular complexity index is 1330. The van der Waals surface area contributed by atoms with E-state index in [9.17, 15) is 14.4 Å². The van der Waals surface area contributed by atoms with E-state index in [4.69, 9.17) is 18.9 Å². The summed E-state index contributed by atoms with van der Waals surface area (Å²) in [4.78, 5) is 42.4. The fraction of sp³-hybridized carbons (Fsp3) is 0.367. The highest BCUT2D eigenvalue weighted by Gasteiger charge is 2.33. The first-order chi connectivity index (χ1) is 19.9. The Morgan fingerprint density at radius 3 is 2.44 bits per heavy atom. The number of carbonyl (C=O) groups is 3. The van der Waals surface area contributed by atoms with E-state index >= 15 is 0 Å². The first-order valence-electron chi connectivity index (χ1n) is 13.3. The molecular weight excluding hydrogens is 546 g/mol. The molecule has 10 nitrogen and oxygen atoms in total. The number of hydrogen-bond donors (Lipinski definition) is 2. The van der Waals surface area contributed by atoms with Crippen LogP contribution in [-0.2, 0) is 20.9 Å². The Balaban J connectivity index is 1.70. The zero-order valence-corrected chi connectivity index (χ0v) is 24.2. The predicted molar refractivity (Wildman–Crippen MR) is 154 cm³/mol. The fourth-order valence-electron chi connectivity index (χ4n) is 4.71. The number of benzene rings is 2. The Morgan fingerprint density at radius 1 is 0.976 bits per heavy atom. The molecule has 2 heterocycles. The summed E-state index contributed by atoms with van der Waals surface area (Å²) in [5.74, 6) is 0.265. The minimum atomic E-state index is -1.06. The molecule has 3 aromatic rings. The lowest BCUT2D eigenvalue weighted by Gasteiger charge is -2.32. The van der Waals surface area contributed by atoms with Gasteiger partial charge in [0.2, 0.25) is 11.8 Å². The number of amides is 3. The smallest absolute Gasteiger partial charge is 0.261 e. The molecule has 2 unspecified atom stereocenters. The van der Waals surface area contributed by atoms with E-state index in [1.165, 1.54) is 30.5 Å². The van der Waals surface area contributed by atoms with Crippen molar-refractivity contribution in [3.05, 3.63) is 76.0 Å². The number of nitrogens with zero attached hydrogens (tertiary/aromatic N) is 1. The van der Waals surface area contributed by atoms with E-state index in [-0.39, 0.29) is 31.0 Å². The van der Waals surface area contributed by atoms with Crippen molar-refractivity contribution < 1.29 is 33.3 Å². The van der Waals surface area contributed by atoms with Gasteiger partial charge >= 0.3 is 0 Å². The van der Waals surface area contributed by atoms with Gasteiger partial charge in [0, 0.05) is 18.7 Å². The number of thiophene rings is 1. The average molecular weight is 582 g/mol. The van der Waals surface area contributed by atoms with E-state index in [2.05, 4.69) is 10.6 Å². The molecule has 0 aliphatic carbocycles. The SMILES string of the molecule is COc1ccccc1CN(C(=O)CNC(=O)c1cccs1)C(C(=O)NCC1CCCO1)c1ccc(OC)c(OC)c1. The van der Waals surface area contributed by atoms with Crippen molar-refractivity contribution in [1.29, 1.82) is 0 Å². The van der Waals surface area contributed by atoms with Crippen molar-refractivity contribution in [2.45, 2.75) is 31.5 Å². The number of carbonyl (C=O) groups excluding carboxylic acids is 3. The Labute approximate surface area is 243 Å². The van der Waals surface area contributed by atoms with Crippen LogP contribution in [0.1, 0.15) is 39.7 Å². The van der Waals surface area contributed by atoms with Crippen molar-refractivity contribution in [2.24, 2.45) is 0 Å². The van der Waals surface area contributed by atoms with Crippen LogP contribution < -0.4 is 24.8 Å². The third-order valence-corrected chi connectivity index (χ3v) is 7.68. The zero-order valence-electron chi connectivity index (χ0n) is 23.4. The van der Waals surface area contributed by atoms with E-state index in [0.717, 1.165) is 12.8 Å². The first kappa shape index (κ1) is 29.9. The number of nitrogens with one attached hydrogen (secondary N) is 2. The molecule has 1 aliphatic heterocycles. The molecule has 1 aliphatic rings. The second-order valence-corrected chi connectivity index (χ2v) is 10.3. The molecule has 1 aromatic heterocycles. The van der Waals surface area contributed by atoms with Gasteiger partial charge in [0.15, 0.2) is 11.5 Å². The minimum Gasteiger partial charge on any atom is -0.496 e. The minimum absolute atomic E-state index is 0.0457. The summed E-state index contributed by atoms with van der Waals surface area (Å²) in [6, 6.07) is 14.8. The maximum Gasteiger partial charge on any atom is 0.261 e.